The first-order valence-electron chi connectivity index (χ1n) is 6.59. The highest BCUT2D eigenvalue weighted by Crippen LogP contribution is 2.52. The van der Waals surface area contributed by atoms with Gasteiger partial charge in [0.05, 0.1) is 8.22 Å². The van der Waals surface area contributed by atoms with Crippen molar-refractivity contribution in [3.05, 3.63) is 11.4 Å². The molecule has 0 saturated carbocycles. The molecule has 0 unspecified atom stereocenters. The number of allylic oxidation sites excluding steroid dienone is 2. The summed E-state index contributed by atoms with van der Waals surface area (Å²) in [6.45, 7) is 14.0. The van der Waals surface area contributed by atoms with E-state index in [9.17, 15) is 0 Å². The summed E-state index contributed by atoms with van der Waals surface area (Å²) in [4.78, 5) is 0. The maximum Gasteiger partial charge on any atom is 0.0914 e. The normalized spacial score (nSPS) is 17.8. The molecule has 0 fully saturated rings. The van der Waals surface area contributed by atoms with Crippen LogP contribution in [0.4, 0.5) is 0 Å². The summed E-state index contributed by atoms with van der Waals surface area (Å²) >= 11 is 0. The van der Waals surface area contributed by atoms with E-state index in [1.807, 2.05) is 0 Å². The van der Waals surface area contributed by atoms with Crippen molar-refractivity contribution in [3.8, 4) is 0 Å². The van der Waals surface area contributed by atoms with Crippen LogP contribution in [0.5, 0.6) is 0 Å². The lowest BCUT2D eigenvalue weighted by atomic mass is 10.3. The first-order chi connectivity index (χ1) is 7.63. The molecule has 0 atom stereocenters. The summed E-state index contributed by atoms with van der Waals surface area (Å²) in [6.07, 6.45) is 5.22. The van der Waals surface area contributed by atoms with E-state index in [0.29, 0.717) is 0 Å². The molecule has 0 aromatic rings. The third-order valence-corrected chi connectivity index (χ3v) is 5.84. The Morgan fingerprint density at radius 2 is 1.25 bits per heavy atom. The molecular formula is C13H27N2P. The van der Waals surface area contributed by atoms with Crippen LogP contribution in [0.2, 0.25) is 0 Å². The molecule has 0 bridgehead atoms. The number of rotatable bonds is 6. The van der Waals surface area contributed by atoms with E-state index in [2.05, 4.69) is 43.7 Å². The fourth-order valence-electron chi connectivity index (χ4n) is 2.18. The molecule has 0 aromatic carbocycles. The van der Waals surface area contributed by atoms with Crippen LogP contribution in [-0.4, -0.2) is 29.1 Å². The minimum atomic E-state index is -0.101. The fourth-order valence-corrected chi connectivity index (χ4v) is 4.46. The number of unbranched alkanes of at least 4 members (excludes halogenated alkanes) is 2. The quantitative estimate of drug-likeness (QED) is 0.637. The van der Waals surface area contributed by atoms with Crippen LogP contribution in [0.1, 0.15) is 53.4 Å². The summed E-state index contributed by atoms with van der Waals surface area (Å²) in [7, 11) is -0.101. The number of hydrogen-bond acceptors (Lipinski definition) is 2. The Labute approximate surface area is 103 Å². The number of hydrogen-bond donors (Lipinski definition) is 0. The SMILES string of the molecule is CCCCN1C(C)=C(C)N(CCCC)P1C. The van der Waals surface area contributed by atoms with Gasteiger partial charge in [0, 0.05) is 24.5 Å². The van der Waals surface area contributed by atoms with Crippen LogP contribution in [0.15, 0.2) is 11.4 Å². The van der Waals surface area contributed by atoms with E-state index >= 15 is 0 Å². The van der Waals surface area contributed by atoms with Gasteiger partial charge in [-0.2, -0.15) is 0 Å². The first kappa shape index (κ1) is 13.8. The van der Waals surface area contributed by atoms with E-state index in [-0.39, 0.29) is 8.22 Å². The maximum atomic E-state index is 2.63. The van der Waals surface area contributed by atoms with Crippen molar-refractivity contribution in [2.24, 2.45) is 0 Å². The molecule has 0 N–H and O–H groups in total. The minimum Gasteiger partial charge on any atom is -0.336 e. The molecule has 0 radical (unpaired) electrons. The van der Waals surface area contributed by atoms with E-state index in [0.717, 1.165) is 0 Å². The van der Waals surface area contributed by atoms with Crippen molar-refractivity contribution in [1.29, 1.82) is 0 Å². The zero-order chi connectivity index (χ0) is 12.1. The summed E-state index contributed by atoms with van der Waals surface area (Å²) in [6, 6.07) is 0. The van der Waals surface area contributed by atoms with Crippen LogP contribution in [0.25, 0.3) is 0 Å². The molecule has 0 saturated heterocycles. The van der Waals surface area contributed by atoms with Crippen molar-refractivity contribution in [1.82, 2.24) is 9.34 Å². The maximum absolute atomic E-state index is 2.63. The van der Waals surface area contributed by atoms with E-state index in [4.69, 9.17) is 0 Å². The highest BCUT2D eigenvalue weighted by molar-refractivity contribution is 7.52. The topological polar surface area (TPSA) is 6.48 Å². The van der Waals surface area contributed by atoms with Gasteiger partial charge in [0.2, 0.25) is 0 Å². The second-order valence-corrected chi connectivity index (χ2v) is 6.56. The van der Waals surface area contributed by atoms with Gasteiger partial charge in [-0.15, -0.1) is 0 Å². The Morgan fingerprint density at radius 3 is 1.56 bits per heavy atom. The van der Waals surface area contributed by atoms with E-state index in [1.165, 1.54) is 50.2 Å². The van der Waals surface area contributed by atoms with Crippen LogP contribution in [0.3, 0.4) is 0 Å². The Balaban J connectivity index is 2.63. The summed E-state index contributed by atoms with van der Waals surface area (Å²) in [5.74, 6) is 0. The zero-order valence-electron chi connectivity index (χ0n) is 11.6. The summed E-state index contributed by atoms with van der Waals surface area (Å²) < 4.78 is 5.26. The predicted molar refractivity (Wildman–Crippen MR) is 74.4 cm³/mol. The molecule has 94 valence electrons. The lowest BCUT2D eigenvalue weighted by Crippen LogP contribution is -2.19. The van der Waals surface area contributed by atoms with Crippen molar-refractivity contribution in [2.75, 3.05) is 19.8 Å². The average molecular weight is 242 g/mol. The van der Waals surface area contributed by atoms with Gasteiger partial charge in [-0.05, 0) is 33.4 Å². The molecular weight excluding hydrogens is 215 g/mol. The van der Waals surface area contributed by atoms with Gasteiger partial charge in [-0.25, -0.2) is 0 Å². The van der Waals surface area contributed by atoms with Crippen LogP contribution >= 0.6 is 8.22 Å². The Morgan fingerprint density at radius 1 is 0.875 bits per heavy atom. The predicted octanol–water partition coefficient (Wildman–Crippen LogP) is 4.40. The van der Waals surface area contributed by atoms with Crippen molar-refractivity contribution in [2.45, 2.75) is 53.4 Å². The van der Waals surface area contributed by atoms with Gasteiger partial charge in [-0.1, -0.05) is 26.7 Å². The van der Waals surface area contributed by atoms with E-state index in [1.54, 1.807) is 0 Å². The van der Waals surface area contributed by atoms with Crippen molar-refractivity contribution < 1.29 is 0 Å². The van der Waals surface area contributed by atoms with Crippen molar-refractivity contribution >= 4 is 8.22 Å². The molecule has 0 spiro atoms. The molecule has 16 heavy (non-hydrogen) atoms. The van der Waals surface area contributed by atoms with Gasteiger partial charge in [0.25, 0.3) is 0 Å². The third-order valence-electron chi connectivity index (χ3n) is 3.44. The fraction of sp³-hybridized carbons (Fsp3) is 0.846. The Hall–Kier alpha value is -0.230. The minimum absolute atomic E-state index is 0.101. The average Bonchev–Trinajstić information content (AvgIpc) is 2.47. The molecule has 0 aromatic heterocycles. The molecule has 1 aliphatic heterocycles. The standard InChI is InChI=1S/C13H27N2P/c1-6-8-10-14-12(3)13(4)15(16(14)5)11-9-7-2/h6-11H2,1-5H3. The third kappa shape index (κ3) is 2.91. The zero-order valence-corrected chi connectivity index (χ0v) is 12.5. The van der Waals surface area contributed by atoms with Gasteiger partial charge in [0.1, 0.15) is 0 Å². The van der Waals surface area contributed by atoms with Crippen LogP contribution in [0, 0.1) is 0 Å². The highest BCUT2D eigenvalue weighted by Gasteiger charge is 2.29. The lowest BCUT2D eigenvalue weighted by Gasteiger charge is -2.31. The molecule has 0 amide bonds. The molecule has 3 heteroatoms. The molecule has 1 heterocycles. The highest BCUT2D eigenvalue weighted by atomic mass is 31.1. The molecule has 0 aliphatic carbocycles. The summed E-state index contributed by atoms with van der Waals surface area (Å²) in [5.41, 5.74) is 3.02. The largest absolute Gasteiger partial charge is 0.336 e. The van der Waals surface area contributed by atoms with Crippen LogP contribution < -0.4 is 0 Å². The monoisotopic (exact) mass is 242 g/mol. The Bertz CT molecular complexity index is 226. The summed E-state index contributed by atoms with van der Waals surface area (Å²) in [5, 5.41) is 0. The number of nitrogens with zero attached hydrogens (tertiary/aromatic N) is 2. The van der Waals surface area contributed by atoms with E-state index < -0.39 is 0 Å². The lowest BCUT2D eigenvalue weighted by molar-refractivity contribution is 0.516. The first-order valence-corrected chi connectivity index (χ1v) is 8.29. The molecule has 1 rings (SSSR count). The van der Waals surface area contributed by atoms with Gasteiger partial charge in [-0.3, -0.25) is 0 Å². The smallest absolute Gasteiger partial charge is 0.0914 e. The second-order valence-electron chi connectivity index (χ2n) is 4.61. The Kier molecular flexibility index (Phi) is 5.61. The van der Waals surface area contributed by atoms with Gasteiger partial charge < -0.3 is 9.34 Å². The molecule has 2 nitrogen and oxygen atoms in total. The second kappa shape index (κ2) is 6.49. The molecule has 1 aliphatic rings. The van der Waals surface area contributed by atoms with Gasteiger partial charge >= 0.3 is 0 Å². The van der Waals surface area contributed by atoms with Gasteiger partial charge in [0.15, 0.2) is 0 Å². The van der Waals surface area contributed by atoms with Crippen molar-refractivity contribution in [3.63, 3.8) is 0 Å². The van der Waals surface area contributed by atoms with Crippen LogP contribution in [-0.2, 0) is 0 Å².